The van der Waals surface area contributed by atoms with Crippen LogP contribution in [0.5, 0.6) is 11.5 Å². The molecule has 0 aliphatic carbocycles. The van der Waals surface area contributed by atoms with Crippen LogP contribution in [0.4, 0.5) is 0 Å². The van der Waals surface area contributed by atoms with Crippen molar-refractivity contribution in [2.45, 2.75) is 33.7 Å². The first-order valence-electron chi connectivity index (χ1n) is 11.8. The van der Waals surface area contributed by atoms with Crippen LogP contribution >= 0.6 is 0 Å². The van der Waals surface area contributed by atoms with Gasteiger partial charge in [-0.3, -0.25) is 4.68 Å². The summed E-state index contributed by atoms with van der Waals surface area (Å²) < 4.78 is 13.6. The number of aromatic nitrogens is 2. The first kappa shape index (κ1) is 24.1. The number of benzene rings is 3. The third-order valence-electron chi connectivity index (χ3n) is 5.73. The Morgan fingerprint density at radius 3 is 2.43 bits per heavy atom. The molecule has 6 nitrogen and oxygen atoms in total. The number of hydrogen-bond acceptors (Lipinski definition) is 4. The summed E-state index contributed by atoms with van der Waals surface area (Å²) in [6.07, 6.45) is 0.820. The zero-order chi connectivity index (χ0) is 24.8. The molecule has 0 saturated heterocycles. The smallest absolute Gasteiger partial charge is 0.341 e. The van der Waals surface area contributed by atoms with Crippen LogP contribution in [0.1, 0.15) is 23.6 Å². The van der Waals surface area contributed by atoms with Gasteiger partial charge in [0.05, 0.1) is 18.0 Å². The largest absolute Gasteiger partial charge is 0.493 e. The standard InChI is InChI=1S/C29H30N2O4/c1-4-34-27-13-9-8-12-23(27)26-18-25(30-31(26)15-14-22-10-6-5-7-11-22)24-17-20(2)16-21(3)29(24)35-19-28(32)33/h5-13,16-18H,4,14-15,19H2,1-3H3,(H,32,33). The molecule has 0 atom stereocenters. The van der Waals surface area contributed by atoms with Gasteiger partial charge in [-0.15, -0.1) is 0 Å². The highest BCUT2D eigenvalue weighted by molar-refractivity contribution is 5.77. The Bertz CT molecular complexity index is 1310. The second kappa shape index (κ2) is 10.9. The Balaban J connectivity index is 1.82. The van der Waals surface area contributed by atoms with Crippen molar-refractivity contribution in [1.82, 2.24) is 9.78 Å². The van der Waals surface area contributed by atoms with Crippen molar-refractivity contribution in [2.75, 3.05) is 13.2 Å². The number of ether oxygens (including phenoxy) is 2. The lowest BCUT2D eigenvalue weighted by Gasteiger charge is -2.13. The van der Waals surface area contributed by atoms with Gasteiger partial charge in [0.2, 0.25) is 0 Å². The van der Waals surface area contributed by atoms with Crippen molar-refractivity contribution in [3.8, 4) is 34.0 Å². The highest BCUT2D eigenvalue weighted by Crippen LogP contribution is 2.38. The monoisotopic (exact) mass is 470 g/mol. The summed E-state index contributed by atoms with van der Waals surface area (Å²) in [5.41, 5.74) is 6.54. The third-order valence-corrected chi connectivity index (χ3v) is 5.73. The minimum absolute atomic E-state index is 0.411. The van der Waals surface area contributed by atoms with E-state index in [0.29, 0.717) is 18.9 Å². The molecular formula is C29H30N2O4. The van der Waals surface area contributed by atoms with Crippen LogP contribution in [-0.4, -0.2) is 34.1 Å². The summed E-state index contributed by atoms with van der Waals surface area (Å²) in [7, 11) is 0. The zero-order valence-corrected chi connectivity index (χ0v) is 20.3. The van der Waals surface area contributed by atoms with E-state index in [1.165, 1.54) is 5.56 Å². The molecule has 1 N–H and O–H groups in total. The highest BCUT2D eigenvalue weighted by atomic mass is 16.5. The highest BCUT2D eigenvalue weighted by Gasteiger charge is 2.19. The SMILES string of the molecule is CCOc1ccccc1-c1cc(-c2cc(C)cc(C)c2OCC(=O)O)nn1CCc1ccccc1. The summed E-state index contributed by atoms with van der Waals surface area (Å²) in [5, 5.41) is 14.2. The first-order chi connectivity index (χ1) is 17.0. The number of carboxylic acid groups (broad SMARTS) is 1. The molecule has 4 aromatic rings. The summed E-state index contributed by atoms with van der Waals surface area (Å²) in [4.78, 5) is 11.2. The van der Waals surface area contributed by atoms with Gasteiger partial charge in [0, 0.05) is 17.7 Å². The molecule has 0 radical (unpaired) electrons. The average Bonchev–Trinajstić information content (AvgIpc) is 3.27. The van der Waals surface area contributed by atoms with E-state index in [-0.39, 0.29) is 0 Å². The normalized spacial score (nSPS) is 10.8. The lowest BCUT2D eigenvalue weighted by atomic mass is 10.0. The van der Waals surface area contributed by atoms with E-state index in [4.69, 9.17) is 14.6 Å². The van der Waals surface area contributed by atoms with Gasteiger partial charge in [0.1, 0.15) is 11.5 Å². The lowest BCUT2D eigenvalue weighted by molar-refractivity contribution is -0.139. The maximum absolute atomic E-state index is 11.2. The maximum Gasteiger partial charge on any atom is 0.341 e. The zero-order valence-electron chi connectivity index (χ0n) is 20.3. The number of nitrogens with zero attached hydrogens (tertiary/aromatic N) is 2. The van der Waals surface area contributed by atoms with Crippen LogP contribution in [0.25, 0.3) is 22.5 Å². The van der Waals surface area contributed by atoms with Gasteiger partial charge in [-0.05, 0) is 68.1 Å². The molecule has 35 heavy (non-hydrogen) atoms. The number of carboxylic acids is 1. The molecule has 0 spiro atoms. The van der Waals surface area contributed by atoms with E-state index in [1.807, 2.05) is 86.1 Å². The van der Waals surface area contributed by atoms with Gasteiger partial charge in [0.25, 0.3) is 0 Å². The molecule has 6 heteroatoms. The van der Waals surface area contributed by atoms with Crippen LogP contribution < -0.4 is 9.47 Å². The molecule has 0 unspecified atom stereocenters. The van der Waals surface area contributed by atoms with Crippen LogP contribution in [0.15, 0.2) is 72.8 Å². The predicted octanol–water partition coefficient (Wildman–Crippen LogP) is 5.94. The molecule has 3 aromatic carbocycles. The van der Waals surface area contributed by atoms with E-state index >= 15 is 0 Å². The van der Waals surface area contributed by atoms with Crippen molar-refractivity contribution in [2.24, 2.45) is 0 Å². The van der Waals surface area contributed by atoms with Crippen LogP contribution in [0, 0.1) is 13.8 Å². The fourth-order valence-corrected chi connectivity index (χ4v) is 4.25. The van der Waals surface area contributed by atoms with Gasteiger partial charge in [-0.25, -0.2) is 4.79 Å². The maximum atomic E-state index is 11.2. The Morgan fingerprint density at radius 1 is 0.943 bits per heavy atom. The summed E-state index contributed by atoms with van der Waals surface area (Å²) in [5.74, 6) is 0.316. The number of aliphatic carboxylic acids is 1. The lowest BCUT2D eigenvalue weighted by Crippen LogP contribution is -2.11. The van der Waals surface area contributed by atoms with Crippen molar-refractivity contribution in [1.29, 1.82) is 0 Å². The Hall–Kier alpha value is -4.06. The van der Waals surface area contributed by atoms with E-state index in [1.54, 1.807) is 0 Å². The number of hydrogen-bond donors (Lipinski definition) is 1. The van der Waals surface area contributed by atoms with Gasteiger partial charge in [0.15, 0.2) is 6.61 Å². The molecule has 0 fully saturated rings. The van der Waals surface area contributed by atoms with Crippen molar-refractivity contribution in [3.63, 3.8) is 0 Å². The molecule has 0 bridgehead atoms. The minimum atomic E-state index is -1.02. The Kier molecular flexibility index (Phi) is 7.51. The van der Waals surface area contributed by atoms with Crippen LogP contribution in [-0.2, 0) is 17.8 Å². The number of para-hydroxylation sites is 1. The molecule has 1 heterocycles. The fraction of sp³-hybridized carbons (Fsp3) is 0.241. The Morgan fingerprint density at radius 2 is 1.69 bits per heavy atom. The van der Waals surface area contributed by atoms with E-state index in [9.17, 15) is 9.90 Å². The Labute approximate surface area is 205 Å². The topological polar surface area (TPSA) is 73.6 Å². The van der Waals surface area contributed by atoms with Crippen molar-refractivity contribution >= 4 is 5.97 Å². The van der Waals surface area contributed by atoms with E-state index in [0.717, 1.165) is 45.8 Å². The second-order valence-electron chi connectivity index (χ2n) is 8.44. The summed E-state index contributed by atoms with van der Waals surface area (Å²) >= 11 is 0. The third kappa shape index (κ3) is 5.72. The van der Waals surface area contributed by atoms with Gasteiger partial charge < -0.3 is 14.6 Å². The molecule has 0 saturated carbocycles. The van der Waals surface area contributed by atoms with Crippen LogP contribution in [0.2, 0.25) is 0 Å². The average molecular weight is 471 g/mol. The number of carbonyl (C=O) groups is 1. The minimum Gasteiger partial charge on any atom is -0.493 e. The number of aryl methyl sites for hydroxylation is 4. The molecule has 1 aromatic heterocycles. The molecule has 0 aliphatic heterocycles. The molecule has 180 valence electrons. The first-order valence-corrected chi connectivity index (χ1v) is 11.8. The van der Waals surface area contributed by atoms with Gasteiger partial charge >= 0.3 is 5.97 Å². The van der Waals surface area contributed by atoms with Crippen molar-refractivity contribution in [3.05, 3.63) is 89.5 Å². The predicted molar refractivity (Wildman–Crippen MR) is 137 cm³/mol. The summed E-state index contributed by atoms with van der Waals surface area (Å²) in [6, 6.07) is 24.3. The van der Waals surface area contributed by atoms with E-state index in [2.05, 4.69) is 12.1 Å². The number of rotatable bonds is 10. The summed E-state index contributed by atoms with van der Waals surface area (Å²) in [6.45, 7) is 6.73. The molecule has 4 rings (SSSR count). The van der Waals surface area contributed by atoms with Crippen LogP contribution in [0.3, 0.4) is 0 Å². The molecule has 0 amide bonds. The molecular weight excluding hydrogens is 440 g/mol. The molecule has 0 aliphatic rings. The van der Waals surface area contributed by atoms with Crippen molar-refractivity contribution < 1.29 is 19.4 Å². The second-order valence-corrected chi connectivity index (χ2v) is 8.44. The van der Waals surface area contributed by atoms with Gasteiger partial charge in [-0.1, -0.05) is 48.5 Å². The van der Waals surface area contributed by atoms with E-state index < -0.39 is 12.6 Å². The quantitative estimate of drug-likeness (QED) is 0.311. The van der Waals surface area contributed by atoms with Gasteiger partial charge in [-0.2, -0.15) is 5.10 Å². The fourth-order valence-electron chi connectivity index (χ4n) is 4.25.